The third-order valence-electron chi connectivity index (χ3n) is 5.41. The molecule has 194 valence electrons. The van der Waals surface area contributed by atoms with E-state index in [9.17, 15) is 4.79 Å². The van der Waals surface area contributed by atoms with Crippen molar-refractivity contribution < 1.29 is 18.3 Å². The zero-order valence-corrected chi connectivity index (χ0v) is 22.4. The van der Waals surface area contributed by atoms with Crippen LogP contribution in [0.1, 0.15) is 33.1 Å². The van der Waals surface area contributed by atoms with Gasteiger partial charge in [0.25, 0.3) is 11.8 Å². The lowest BCUT2D eigenvalue weighted by Crippen LogP contribution is -2.11. The van der Waals surface area contributed by atoms with E-state index >= 15 is 4.39 Å². The first-order valence-corrected chi connectivity index (χ1v) is 12.9. The first kappa shape index (κ1) is 26.3. The second-order valence-corrected chi connectivity index (χ2v) is 10.0. The molecule has 12 heteroatoms. The molecule has 8 nitrogen and oxygen atoms in total. The Labute approximate surface area is 235 Å². The minimum atomic E-state index is -0.722. The number of hydrogen-bond donors (Lipinski definition) is 1. The summed E-state index contributed by atoms with van der Waals surface area (Å²) in [5, 5.41) is 20.7. The van der Waals surface area contributed by atoms with Crippen molar-refractivity contribution in [2.24, 2.45) is 0 Å². The predicted octanol–water partition coefficient (Wildman–Crippen LogP) is 7.45. The van der Waals surface area contributed by atoms with Crippen molar-refractivity contribution in [2.75, 3.05) is 5.32 Å². The molecule has 0 saturated heterocycles. The van der Waals surface area contributed by atoms with E-state index < -0.39 is 5.82 Å². The molecular formula is C27H16Cl2FN5O3S. The molecule has 5 rings (SSSR count). The lowest BCUT2D eigenvalue weighted by Gasteiger charge is -2.11. The summed E-state index contributed by atoms with van der Waals surface area (Å²) in [6, 6.07) is 18.0. The number of aryl methyl sites for hydroxylation is 1. The number of halogens is 3. The maximum atomic E-state index is 15.4. The number of carbonyl (C=O) groups is 1. The van der Waals surface area contributed by atoms with Gasteiger partial charge >= 0.3 is 0 Å². The van der Waals surface area contributed by atoms with Crippen molar-refractivity contribution in [1.29, 1.82) is 5.26 Å². The quantitative estimate of drug-likeness (QED) is 0.213. The van der Waals surface area contributed by atoms with Crippen LogP contribution in [0.2, 0.25) is 10.0 Å². The van der Waals surface area contributed by atoms with E-state index in [1.807, 2.05) is 12.1 Å². The Balaban J connectivity index is 1.34. The number of aromatic nitrogens is 3. The topological polar surface area (TPSA) is 114 Å². The molecule has 0 bridgehead atoms. The van der Waals surface area contributed by atoms with Crippen LogP contribution in [-0.2, 0) is 6.42 Å². The highest BCUT2D eigenvalue weighted by Gasteiger charge is 2.21. The minimum Gasteiger partial charge on any atom is -0.453 e. The highest BCUT2D eigenvalue weighted by atomic mass is 35.5. The molecule has 0 unspecified atom stereocenters. The molecule has 0 saturated carbocycles. The van der Waals surface area contributed by atoms with Gasteiger partial charge in [0.1, 0.15) is 10.6 Å². The van der Waals surface area contributed by atoms with E-state index in [0.717, 1.165) is 0 Å². The van der Waals surface area contributed by atoms with E-state index in [2.05, 4.69) is 20.5 Å². The monoisotopic (exact) mass is 579 g/mol. The summed E-state index contributed by atoms with van der Waals surface area (Å²) in [4.78, 5) is 17.4. The van der Waals surface area contributed by atoms with Gasteiger partial charge in [-0.3, -0.25) is 10.1 Å². The standard InChI is InChI=1S/C27H16Cl2FN5O3S/c1-14-24(39-27(32-14)33-25(36)16-5-3-2-4-6-16)26-35-34-21(38-26)11-17-7-8-20(29)23(22(17)30)37-19-10-15(13-31)9-18(28)12-19/h2-10,12H,11H2,1H3,(H,32,33,36). The number of hydrogen-bond acceptors (Lipinski definition) is 8. The smallest absolute Gasteiger partial charge is 0.259 e. The molecule has 0 radical (unpaired) electrons. The molecule has 0 fully saturated rings. The molecule has 0 aliphatic heterocycles. The second-order valence-electron chi connectivity index (χ2n) is 8.17. The number of benzene rings is 3. The largest absolute Gasteiger partial charge is 0.453 e. The fourth-order valence-electron chi connectivity index (χ4n) is 3.59. The Hall–Kier alpha value is -4.30. The molecule has 1 amide bonds. The van der Waals surface area contributed by atoms with Crippen LogP contribution < -0.4 is 10.1 Å². The maximum absolute atomic E-state index is 15.4. The first-order valence-electron chi connectivity index (χ1n) is 11.3. The number of ether oxygens (including phenoxy) is 1. The van der Waals surface area contributed by atoms with Gasteiger partial charge < -0.3 is 9.15 Å². The third kappa shape index (κ3) is 5.91. The van der Waals surface area contributed by atoms with Crippen LogP contribution in [-0.4, -0.2) is 21.1 Å². The number of amides is 1. The molecule has 3 aromatic carbocycles. The molecule has 0 spiro atoms. The Kier molecular flexibility index (Phi) is 7.56. The van der Waals surface area contributed by atoms with Gasteiger partial charge in [0.15, 0.2) is 16.7 Å². The maximum Gasteiger partial charge on any atom is 0.259 e. The number of thiazole rings is 1. The number of nitriles is 1. The first-order chi connectivity index (χ1) is 18.8. The van der Waals surface area contributed by atoms with Crippen LogP contribution >= 0.6 is 34.5 Å². The molecule has 0 aliphatic carbocycles. The van der Waals surface area contributed by atoms with Gasteiger partial charge in [0, 0.05) is 16.1 Å². The average molecular weight is 580 g/mol. The van der Waals surface area contributed by atoms with Gasteiger partial charge in [-0.05, 0) is 43.3 Å². The van der Waals surface area contributed by atoms with Crippen LogP contribution in [0.5, 0.6) is 11.5 Å². The van der Waals surface area contributed by atoms with Crippen molar-refractivity contribution in [3.8, 4) is 28.3 Å². The summed E-state index contributed by atoms with van der Waals surface area (Å²) in [6.07, 6.45) is -0.0409. The summed E-state index contributed by atoms with van der Waals surface area (Å²) >= 11 is 13.4. The number of rotatable bonds is 7. The lowest BCUT2D eigenvalue weighted by atomic mass is 10.1. The van der Waals surface area contributed by atoms with Crippen molar-refractivity contribution >= 4 is 45.6 Å². The summed E-state index contributed by atoms with van der Waals surface area (Å²) in [7, 11) is 0. The van der Waals surface area contributed by atoms with Gasteiger partial charge in [0.2, 0.25) is 5.89 Å². The van der Waals surface area contributed by atoms with E-state index in [0.29, 0.717) is 21.3 Å². The van der Waals surface area contributed by atoms with Crippen molar-refractivity contribution in [3.63, 3.8) is 0 Å². The van der Waals surface area contributed by atoms with E-state index in [-0.39, 0.29) is 56.8 Å². The third-order valence-corrected chi connectivity index (χ3v) is 6.98. The van der Waals surface area contributed by atoms with Gasteiger partial charge in [-0.15, -0.1) is 10.2 Å². The fourth-order valence-corrected chi connectivity index (χ4v) is 4.89. The van der Waals surface area contributed by atoms with Gasteiger partial charge in [-0.2, -0.15) is 5.26 Å². The summed E-state index contributed by atoms with van der Waals surface area (Å²) < 4.78 is 26.8. The summed E-state index contributed by atoms with van der Waals surface area (Å²) in [5.74, 6) is -0.742. The summed E-state index contributed by atoms with van der Waals surface area (Å²) in [5.41, 5.74) is 1.54. The van der Waals surface area contributed by atoms with Crippen molar-refractivity contribution in [2.45, 2.75) is 13.3 Å². The van der Waals surface area contributed by atoms with E-state index in [1.54, 1.807) is 31.2 Å². The molecule has 39 heavy (non-hydrogen) atoms. The van der Waals surface area contributed by atoms with Crippen molar-refractivity contribution in [1.82, 2.24) is 15.2 Å². The van der Waals surface area contributed by atoms with Crippen molar-refractivity contribution in [3.05, 3.63) is 105 Å². The Morgan fingerprint density at radius 3 is 2.72 bits per heavy atom. The van der Waals surface area contributed by atoms with Crippen LogP contribution in [0.3, 0.4) is 0 Å². The SMILES string of the molecule is Cc1nc(NC(=O)c2ccccc2)sc1-c1nnc(Cc2ccc(Cl)c(Oc3cc(Cl)cc(C#N)c3)c2F)o1. The molecule has 0 atom stereocenters. The van der Waals surface area contributed by atoms with E-state index in [1.165, 1.54) is 41.7 Å². The van der Waals surface area contributed by atoms with Crippen LogP contribution in [0.15, 0.2) is 65.1 Å². The fraction of sp³-hybridized carbons (Fsp3) is 0.0741. The molecule has 1 N–H and O–H groups in total. The highest BCUT2D eigenvalue weighted by molar-refractivity contribution is 7.19. The number of anilines is 1. The van der Waals surface area contributed by atoms with Crippen LogP contribution in [0.4, 0.5) is 9.52 Å². The number of nitrogens with one attached hydrogen (secondary N) is 1. The molecule has 0 aliphatic rings. The van der Waals surface area contributed by atoms with Crippen LogP contribution in [0.25, 0.3) is 10.8 Å². The van der Waals surface area contributed by atoms with Gasteiger partial charge in [-0.1, -0.05) is 58.8 Å². The molecule has 2 heterocycles. The Morgan fingerprint density at radius 2 is 1.95 bits per heavy atom. The van der Waals surface area contributed by atoms with Gasteiger partial charge in [0.05, 0.1) is 28.8 Å². The number of carbonyl (C=O) groups excluding carboxylic acids is 1. The lowest BCUT2D eigenvalue weighted by molar-refractivity contribution is 0.102. The summed E-state index contributed by atoms with van der Waals surface area (Å²) in [6.45, 7) is 1.75. The second kappa shape index (κ2) is 11.2. The number of nitrogens with zero attached hydrogens (tertiary/aromatic N) is 4. The zero-order valence-electron chi connectivity index (χ0n) is 20.0. The molecular weight excluding hydrogens is 564 g/mol. The molecule has 5 aromatic rings. The normalized spacial score (nSPS) is 10.7. The van der Waals surface area contributed by atoms with Gasteiger partial charge in [-0.25, -0.2) is 9.37 Å². The zero-order chi connectivity index (χ0) is 27.5. The predicted molar refractivity (Wildman–Crippen MR) is 145 cm³/mol. The van der Waals surface area contributed by atoms with E-state index in [4.69, 9.17) is 37.6 Å². The molecule has 2 aromatic heterocycles. The highest BCUT2D eigenvalue weighted by Crippen LogP contribution is 2.37. The minimum absolute atomic E-state index is 0.0336. The van der Waals surface area contributed by atoms with Crippen LogP contribution in [0, 0.1) is 24.1 Å². The Morgan fingerprint density at radius 1 is 1.15 bits per heavy atom. The average Bonchev–Trinajstić information content (AvgIpc) is 3.54. The Bertz CT molecular complexity index is 1730.